The van der Waals surface area contributed by atoms with Crippen LogP contribution in [-0.2, 0) is 4.74 Å². The van der Waals surface area contributed by atoms with Crippen molar-refractivity contribution >= 4 is 11.8 Å². The minimum absolute atomic E-state index is 0.407. The quantitative estimate of drug-likeness (QED) is 0.875. The molecule has 1 saturated heterocycles. The number of ether oxygens (including phenoxy) is 2. The molecule has 2 rings (SSSR count). The number of carbonyl (C=O) groups excluding carboxylic acids is 1. The molecule has 104 valence electrons. The van der Waals surface area contributed by atoms with Crippen molar-refractivity contribution in [3.8, 4) is 5.75 Å². The third kappa shape index (κ3) is 4.44. The topological polar surface area (TPSA) is 59.6 Å². The van der Waals surface area contributed by atoms with Gasteiger partial charge in [-0.25, -0.2) is 4.79 Å². The average Bonchev–Trinajstić information content (AvgIpc) is 2.47. The molecule has 0 saturated carbocycles. The zero-order chi connectivity index (χ0) is 13.5. The van der Waals surface area contributed by atoms with Gasteiger partial charge in [0.1, 0.15) is 5.75 Å². The molecule has 1 fully saturated rings. The van der Waals surface area contributed by atoms with Crippen molar-refractivity contribution in [2.24, 2.45) is 5.92 Å². The van der Waals surface area contributed by atoms with Crippen LogP contribution >= 0.6 is 0 Å². The van der Waals surface area contributed by atoms with Crippen LogP contribution in [0, 0.1) is 5.92 Å². The smallest absolute Gasteiger partial charge is 0.411 e. The second kappa shape index (κ2) is 6.99. The molecule has 0 bridgehead atoms. The van der Waals surface area contributed by atoms with Gasteiger partial charge < -0.3 is 14.8 Å². The Morgan fingerprint density at radius 2 is 2.21 bits per heavy atom. The second-order valence-corrected chi connectivity index (χ2v) is 4.66. The number of anilines is 1. The zero-order valence-electron chi connectivity index (χ0n) is 11.1. The van der Waals surface area contributed by atoms with E-state index in [1.807, 2.05) is 0 Å². The van der Waals surface area contributed by atoms with Gasteiger partial charge in [0, 0.05) is 18.2 Å². The van der Waals surface area contributed by atoms with Gasteiger partial charge in [-0.1, -0.05) is 0 Å². The van der Waals surface area contributed by atoms with E-state index in [-0.39, 0.29) is 0 Å². The van der Waals surface area contributed by atoms with Crippen LogP contribution in [0.2, 0.25) is 0 Å². The van der Waals surface area contributed by atoms with Gasteiger partial charge in [0.25, 0.3) is 0 Å². The molecular weight excluding hydrogens is 244 g/mol. The maximum absolute atomic E-state index is 11.6. The molecule has 1 aromatic rings. The molecule has 1 unspecified atom stereocenters. The third-order valence-electron chi connectivity index (χ3n) is 3.19. The molecule has 1 amide bonds. The fraction of sp³-hybridized carbons (Fsp3) is 0.500. The molecule has 0 radical (unpaired) electrons. The van der Waals surface area contributed by atoms with E-state index in [0.29, 0.717) is 18.2 Å². The number of nitrogens with one attached hydrogen (secondary N) is 2. The van der Waals surface area contributed by atoms with Crippen LogP contribution in [0.4, 0.5) is 10.5 Å². The minimum Gasteiger partial charge on any atom is -0.497 e. The number of rotatable bonds is 4. The van der Waals surface area contributed by atoms with Crippen LogP contribution in [0.1, 0.15) is 12.8 Å². The summed E-state index contributed by atoms with van der Waals surface area (Å²) in [6.45, 7) is 2.46. The fourth-order valence-corrected chi connectivity index (χ4v) is 2.09. The first-order valence-electron chi connectivity index (χ1n) is 6.56. The predicted molar refractivity (Wildman–Crippen MR) is 73.6 cm³/mol. The molecule has 1 heterocycles. The van der Waals surface area contributed by atoms with Gasteiger partial charge in [-0.2, -0.15) is 0 Å². The van der Waals surface area contributed by atoms with Crippen LogP contribution in [0.5, 0.6) is 5.75 Å². The van der Waals surface area contributed by atoms with E-state index in [1.54, 1.807) is 31.4 Å². The lowest BCUT2D eigenvalue weighted by Crippen LogP contribution is -2.33. The van der Waals surface area contributed by atoms with E-state index in [2.05, 4.69) is 10.6 Å². The van der Waals surface area contributed by atoms with Crippen LogP contribution in [-0.4, -0.2) is 32.9 Å². The second-order valence-electron chi connectivity index (χ2n) is 4.66. The first kappa shape index (κ1) is 13.7. The fourth-order valence-electron chi connectivity index (χ4n) is 2.09. The van der Waals surface area contributed by atoms with Gasteiger partial charge in [0.05, 0.1) is 13.7 Å². The highest BCUT2D eigenvalue weighted by Gasteiger charge is 2.15. The number of methoxy groups -OCH3 is 1. The number of carbonyl (C=O) groups is 1. The highest BCUT2D eigenvalue weighted by Crippen LogP contribution is 2.15. The van der Waals surface area contributed by atoms with Crippen LogP contribution < -0.4 is 15.4 Å². The summed E-state index contributed by atoms with van der Waals surface area (Å²) >= 11 is 0. The summed E-state index contributed by atoms with van der Waals surface area (Å²) in [6, 6.07) is 7.14. The van der Waals surface area contributed by atoms with Crippen molar-refractivity contribution in [1.82, 2.24) is 5.32 Å². The van der Waals surface area contributed by atoms with Gasteiger partial charge in [-0.05, 0) is 43.7 Å². The van der Waals surface area contributed by atoms with Gasteiger partial charge in [0.2, 0.25) is 0 Å². The molecule has 2 N–H and O–H groups in total. The molecule has 5 nitrogen and oxygen atoms in total. The maximum Gasteiger partial charge on any atom is 0.411 e. The minimum atomic E-state index is -0.407. The first-order valence-corrected chi connectivity index (χ1v) is 6.56. The molecular formula is C14H20N2O3. The number of hydrogen-bond donors (Lipinski definition) is 2. The standard InChI is InChI=1S/C14H20N2O3/c1-18-13-6-4-12(5-7-13)16-14(17)19-10-11-3-2-8-15-9-11/h4-7,11,15H,2-3,8-10H2,1H3,(H,16,17). The van der Waals surface area contributed by atoms with Crippen molar-refractivity contribution in [2.75, 3.05) is 32.1 Å². The maximum atomic E-state index is 11.6. The first-order chi connectivity index (χ1) is 9.28. The summed E-state index contributed by atoms with van der Waals surface area (Å²) < 4.78 is 10.3. The summed E-state index contributed by atoms with van der Waals surface area (Å²) in [5, 5.41) is 5.99. The van der Waals surface area contributed by atoms with Crippen molar-refractivity contribution in [3.05, 3.63) is 24.3 Å². The largest absolute Gasteiger partial charge is 0.497 e. The summed E-state index contributed by atoms with van der Waals surface area (Å²) in [7, 11) is 1.61. The Hall–Kier alpha value is -1.75. The normalized spacial score (nSPS) is 18.7. The number of amides is 1. The molecule has 1 aliphatic rings. The van der Waals surface area contributed by atoms with Crippen molar-refractivity contribution in [1.29, 1.82) is 0 Å². The Balaban J connectivity index is 1.73. The van der Waals surface area contributed by atoms with Gasteiger partial charge >= 0.3 is 6.09 Å². The van der Waals surface area contributed by atoms with E-state index in [1.165, 1.54) is 0 Å². The molecule has 1 aliphatic heterocycles. The Bertz CT molecular complexity index is 400. The summed E-state index contributed by atoms with van der Waals surface area (Å²) in [6.07, 6.45) is 1.85. The zero-order valence-corrected chi connectivity index (χ0v) is 11.1. The Morgan fingerprint density at radius 1 is 1.42 bits per heavy atom. The predicted octanol–water partition coefficient (Wildman–Crippen LogP) is 2.24. The summed E-state index contributed by atoms with van der Waals surface area (Å²) in [4.78, 5) is 11.6. The average molecular weight is 264 g/mol. The van der Waals surface area contributed by atoms with Gasteiger partial charge in [0.15, 0.2) is 0 Å². The lowest BCUT2D eigenvalue weighted by Gasteiger charge is -2.22. The molecule has 0 aliphatic carbocycles. The number of hydrogen-bond acceptors (Lipinski definition) is 4. The Morgan fingerprint density at radius 3 is 2.84 bits per heavy atom. The third-order valence-corrected chi connectivity index (χ3v) is 3.19. The van der Waals surface area contributed by atoms with Crippen LogP contribution in [0.3, 0.4) is 0 Å². The van der Waals surface area contributed by atoms with Crippen molar-refractivity contribution in [3.63, 3.8) is 0 Å². The molecule has 5 heteroatoms. The van der Waals surface area contributed by atoms with E-state index in [4.69, 9.17) is 9.47 Å². The van der Waals surface area contributed by atoms with E-state index >= 15 is 0 Å². The highest BCUT2D eigenvalue weighted by atomic mass is 16.5. The SMILES string of the molecule is COc1ccc(NC(=O)OCC2CCCNC2)cc1. The van der Waals surface area contributed by atoms with Gasteiger partial charge in [-0.15, -0.1) is 0 Å². The van der Waals surface area contributed by atoms with E-state index in [9.17, 15) is 4.79 Å². The number of piperidine rings is 1. The molecule has 1 atom stereocenters. The van der Waals surface area contributed by atoms with Crippen molar-refractivity contribution < 1.29 is 14.3 Å². The highest BCUT2D eigenvalue weighted by molar-refractivity contribution is 5.84. The van der Waals surface area contributed by atoms with Crippen molar-refractivity contribution in [2.45, 2.75) is 12.8 Å². The van der Waals surface area contributed by atoms with Gasteiger partial charge in [-0.3, -0.25) is 5.32 Å². The number of benzene rings is 1. The Labute approximate surface area is 113 Å². The monoisotopic (exact) mass is 264 g/mol. The molecule has 1 aromatic carbocycles. The lowest BCUT2D eigenvalue weighted by atomic mass is 10.0. The molecule has 0 aromatic heterocycles. The lowest BCUT2D eigenvalue weighted by molar-refractivity contribution is 0.132. The Kier molecular flexibility index (Phi) is 5.03. The summed E-state index contributed by atoms with van der Waals surface area (Å²) in [5.74, 6) is 1.18. The van der Waals surface area contributed by atoms with Crippen LogP contribution in [0.15, 0.2) is 24.3 Å². The summed E-state index contributed by atoms with van der Waals surface area (Å²) in [5.41, 5.74) is 0.701. The van der Waals surface area contributed by atoms with E-state index < -0.39 is 6.09 Å². The molecule has 0 spiro atoms. The van der Waals surface area contributed by atoms with Crippen LogP contribution in [0.25, 0.3) is 0 Å². The molecule has 19 heavy (non-hydrogen) atoms. The van der Waals surface area contributed by atoms with E-state index in [0.717, 1.165) is 31.7 Å².